The molecule has 0 saturated heterocycles. The van der Waals surface area contributed by atoms with Gasteiger partial charge in [0.05, 0.1) is 12.7 Å². The Bertz CT molecular complexity index is 617. The molecule has 0 aliphatic carbocycles. The van der Waals surface area contributed by atoms with Crippen molar-refractivity contribution in [3.05, 3.63) is 29.8 Å². The maximum atomic E-state index is 12.6. The first kappa shape index (κ1) is 18.3. The fourth-order valence-electron chi connectivity index (χ4n) is 1.45. The van der Waals surface area contributed by atoms with E-state index in [9.17, 15) is 22.8 Å². The van der Waals surface area contributed by atoms with Gasteiger partial charge in [-0.05, 0) is 18.2 Å². The number of guanidine groups is 1. The Morgan fingerprint density at radius 2 is 2.04 bits per heavy atom. The van der Waals surface area contributed by atoms with Gasteiger partial charge in [-0.25, -0.2) is 4.79 Å². The van der Waals surface area contributed by atoms with Crippen LogP contribution in [-0.2, 0) is 15.7 Å². The molecule has 0 radical (unpaired) electrons. The number of aliphatic imine (C=N–C) groups is 1. The van der Waals surface area contributed by atoms with Crippen molar-refractivity contribution in [2.24, 2.45) is 10.7 Å². The summed E-state index contributed by atoms with van der Waals surface area (Å²) in [5, 5.41) is 2.16. The molecule has 1 rings (SSSR count). The van der Waals surface area contributed by atoms with E-state index in [2.05, 4.69) is 15.0 Å². The SMILES string of the molecule is COC(=O)CN(C)C(N)=NC(=O)Nc1cccc(C(F)(F)F)c1. The van der Waals surface area contributed by atoms with Crippen molar-refractivity contribution in [2.75, 3.05) is 26.0 Å². The van der Waals surface area contributed by atoms with Crippen molar-refractivity contribution < 1.29 is 27.5 Å². The third-order valence-corrected chi connectivity index (χ3v) is 2.64. The van der Waals surface area contributed by atoms with Crippen molar-refractivity contribution in [2.45, 2.75) is 6.18 Å². The monoisotopic (exact) mass is 332 g/mol. The number of benzene rings is 1. The number of methoxy groups -OCH3 is 1. The Labute approximate surface area is 129 Å². The van der Waals surface area contributed by atoms with Gasteiger partial charge in [0.2, 0.25) is 5.96 Å². The van der Waals surface area contributed by atoms with E-state index >= 15 is 0 Å². The van der Waals surface area contributed by atoms with Crippen molar-refractivity contribution in [1.29, 1.82) is 0 Å². The van der Waals surface area contributed by atoms with Crippen LogP contribution in [0, 0.1) is 0 Å². The molecule has 0 heterocycles. The van der Waals surface area contributed by atoms with Gasteiger partial charge in [-0.3, -0.25) is 4.79 Å². The first-order valence-electron chi connectivity index (χ1n) is 6.24. The standard InChI is InChI=1S/C13H15F3N4O3/c1-20(7-10(21)23-2)11(17)19-12(22)18-9-5-3-4-8(6-9)13(14,15)16/h3-6H,7H2,1-2H3,(H3,17,18,19,22). The lowest BCUT2D eigenvalue weighted by Crippen LogP contribution is -2.39. The Hall–Kier alpha value is -2.78. The molecule has 3 N–H and O–H groups in total. The highest BCUT2D eigenvalue weighted by Gasteiger charge is 2.30. The number of urea groups is 1. The van der Waals surface area contributed by atoms with Crippen LogP contribution in [0.4, 0.5) is 23.7 Å². The number of amides is 2. The zero-order valence-corrected chi connectivity index (χ0v) is 12.3. The van der Waals surface area contributed by atoms with E-state index in [4.69, 9.17) is 5.73 Å². The number of nitrogens with one attached hydrogen (secondary N) is 1. The molecule has 0 spiro atoms. The van der Waals surface area contributed by atoms with Gasteiger partial charge in [0.15, 0.2) is 0 Å². The Morgan fingerprint density at radius 3 is 2.61 bits per heavy atom. The van der Waals surface area contributed by atoms with E-state index in [0.29, 0.717) is 0 Å². The normalized spacial score (nSPS) is 11.8. The molecule has 0 fully saturated rings. The minimum absolute atomic E-state index is 0.0861. The molecular formula is C13H15F3N4O3. The van der Waals surface area contributed by atoms with Crippen LogP contribution in [0.25, 0.3) is 0 Å². The van der Waals surface area contributed by atoms with Gasteiger partial charge < -0.3 is 20.7 Å². The Balaban J connectivity index is 2.76. The van der Waals surface area contributed by atoms with Gasteiger partial charge in [-0.2, -0.15) is 18.2 Å². The molecule has 0 aromatic heterocycles. The summed E-state index contributed by atoms with van der Waals surface area (Å²) in [5.41, 5.74) is 4.51. The molecule has 0 aliphatic rings. The number of esters is 1. The number of nitrogens with two attached hydrogens (primary N) is 1. The number of rotatable bonds is 3. The number of carbonyl (C=O) groups excluding carboxylic acids is 2. The first-order valence-corrected chi connectivity index (χ1v) is 6.24. The van der Waals surface area contributed by atoms with E-state index in [1.165, 1.54) is 20.2 Å². The van der Waals surface area contributed by atoms with Crippen LogP contribution in [0.5, 0.6) is 0 Å². The van der Waals surface area contributed by atoms with E-state index in [-0.39, 0.29) is 18.2 Å². The predicted molar refractivity (Wildman–Crippen MR) is 76.7 cm³/mol. The summed E-state index contributed by atoms with van der Waals surface area (Å²) < 4.78 is 42.1. The van der Waals surface area contributed by atoms with Gasteiger partial charge >= 0.3 is 18.2 Å². The Kier molecular flexibility index (Phi) is 5.94. The van der Waals surface area contributed by atoms with Gasteiger partial charge in [0.25, 0.3) is 0 Å². The predicted octanol–water partition coefficient (Wildman–Crippen LogP) is 1.66. The summed E-state index contributed by atoms with van der Waals surface area (Å²) in [6, 6.07) is 3.09. The molecule has 126 valence electrons. The molecule has 0 atom stereocenters. The van der Waals surface area contributed by atoms with Gasteiger partial charge in [0.1, 0.15) is 6.54 Å². The van der Waals surface area contributed by atoms with E-state index in [1.54, 1.807) is 0 Å². The second-order valence-corrected chi connectivity index (χ2v) is 4.41. The van der Waals surface area contributed by atoms with Crippen molar-refractivity contribution in [3.63, 3.8) is 0 Å². The fraction of sp³-hybridized carbons (Fsp3) is 0.308. The smallest absolute Gasteiger partial charge is 0.416 e. The number of halogens is 3. The lowest BCUT2D eigenvalue weighted by molar-refractivity contribution is -0.140. The lowest BCUT2D eigenvalue weighted by atomic mass is 10.2. The minimum Gasteiger partial charge on any atom is -0.468 e. The van der Waals surface area contributed by atoms with E-state index in [0.717, 1.165) is 23.1 Å². The highest BCUT2D eigenvalue weighted by molar-refractivity contribution is 5.99. The molecule has 1 aromatic rings. The molecule has 0 aliphatic heterocycles. The van der Waals surface area contributed by atoms with Crippen LogP contribution < -0.4 is 11.1 Å². The molecule has 0 unspecified atom stereocenters. The van der Waals surface area contributed by atoms with Crippen molar-refractivity contribution >= 4 is 23.6 Å². The summed E-state index contributed by atoms with van der Waals surface area (Å²) in [6.07, 6.45) is -4.52. The van der Waals surface area contributed by atoms with E-state index < -0.39 is 23.7 Å². The molecule has 10 heteroatoms. The molecule has 7 nitrogen and oxygen atoms in total. The van der Waals surface area contributed by atoms with Gasteiger partial charge in [0, 0.05) is 12.7 Å². The number of nitrogens with zero attached hydrogens (tertiary/aromatic N) is 2. The number of hydrogen-bond donors (Lipinski definition) is 2. The van der Waals surface area contributed by atoms with Crippen molar-refractivity contribution in [3.8, 4) is 0 Å². The lowest BCUT2D eigenvalue weighted by Gasteiger charge is -2.15. The van der Waals surface area contributed by atoms with Crippen LogP contribution >= 0.6 is 0 Å². The first-order chi connectivity index (χ1) is 10.6. The van der Waals surface area contributed by atoms with E-state index in [1.807, 2.05) is 0 Å². The summed E-state index contributed by atoms with van der Waals surface area (Å²) in [5.74, 6) is -0.885. The Morgan fingerprint density at radius 1 is 1.39 bits per heavy atom. The highest BCUT2D eigenvalue weighted by atomic mass is 19.4. The minimum atomic E-state index is -4.52. The van der Waals surface area contributed by atoms with Gasteiger partial charge in [-0.1, -0.05) is 6.07 Å². The molecule has 0 saturated carbocycles. The zero-order chi connectivity index (χ0) is 17.6. The van der Waals surface area contributed by atoms with Crippen LogP contribution in [0.15, 0.2) is 29.3 Å². The summed E-state index contributed by atoms with van der Waals surface area (Å²) in [4.78, 5) is 27.3. The fourth-order valence-corrected chi connectivity index (χ4v) is 1.45. The van der Waals surface area contributed by atoms with Crippen LogP contribution in [0.2, 0.25) is 0 Å². The average Bonchev–Trinajstić information content (AvgIpc) is 2.46. The maximum absolute atomic E-state index is 12.6. The number of ether oxygens (including phenoxy) is 1. The second-order valence-electron chi connectivity index (χ2n) is 4.41. The van der Waals surface area contributed by atoms with Gasteiger partial charge in [-0.15, -0.1) is 0 Å². The maximum Gasteiger partial charge on any atom is 0.416 e. The molecule has 1 aromatic carbocycles. The number of anilines is 1. The topological polar surface area (TPSA) is 97.0 Å². The summed E-state index contributed by atoms with van der Waals surface area (Å²) in [7, 11) is 2.58. The summed E-state index contributed by atoms with van der Waals surface area (Å²) in [6.45, 7) is -0.233. The largest absolute Gasteiger partial charge is 0.468 e. The average molecular weight is 332 g/mol. The molecule has 23 heavy (non-hydrogen) atoms. The number of carbonyl (C=O) groups is 2. The highest BCUT2D eigenvalue weighted by Crippen LogP contribution is 2.30. The van der Waals surface area contributed by atoms with Crippen molar-refractivity contribution in [1.82, 2.24) is 4.90 Å². The van der Waals surface area contributed by atoms with Crippen LogP contribution in [0.1, 0.15) is 5.56 Å². The molecule has 0 bridgehead atoms. The number of alkyl halides is 3. The second kappa shape index (κ2) is 7.47. The number of likely N-dealkylation sites (N-methyl/N-ethyl adjacent to an activating group) is 1. The molecular weight excluding hydrogens is 317 g/mol. The molecule has 2 amide bonds. The third-order valence-electron chi connectivity index (χ3n) is 2.64. The zero-order valence-electron chi connectivity index (χ0n) is 12.3. The van der Waals surface area contributed by atoms with Crippen LogP contribution in [0.3, 0.4) is 0 Å². The van der Waals surface area contributed by atoms with Crippen LogP contribution in [-0.4, -0.2) is 43.6 Å². The summed E-state index contributed by atoms with van der Waals surface area (Å²) >= 11 is 0. The third kappa shape index (κ3) is 5.85. The number of hydrogen-bond acceptors (Lipinski definition) is 3. The quantitative estimate of drug-likeness (QED) is 0.498.